The van der Waals surface area contributed by atoms with Crippen molar-refractivity contribution in [3.63, 3.8) is 0 Å². The zero-order chi connectivity index (χ0) is 12.0. The number of rotatable bonds is 1. The van der Waals surface area contributed by atoms with Crippen molar-refractivity contribution in [3.05, 3.63) is 12.7 Å². The molecule has 1 aliphatic heterocycles. The lowest BCUT2D eigenvalue weighted by atomic mass is 9.54. The Morgan fingerprint density at radius 1 is 1.44 bits per heavy atom. The summed E-state index contributed by atoms with van der Waals surface area (Å²) in [6.45, 7) is 12.4. The van der Waals surface area contributed by atoms with E-state index >= 15 is 0 Å². The van der Waals surface area contributed by atoms with Gasteiger partial charge in [0.2, 0.25) is 5.91 Å². The molecule has 1 spiro atoms. The minimum atomic E-state index is 0.107. The predicted molar refractivity (Wildman–Crippen MR) is 66.0 cm³/mol. The Kier molecular flexibility index (Phi) is 2.64. The average molecular weight is 221 g/mol. The van der Waals surface area contributed by atoms with Crippen LogP contribution in [0, 0.1) is 16.7 Å². The highest BCUT2D eigenvalue weighted by atomic mass is 16.2. The molecule has 0 aromatic carbocycles. The number of hydrogen-bond acceptors (Lipinski definition) is 1. The van der Waals surface area contributed by atoms with Gasteiger partial charge in [-0.15, -0.1) is 0 Å². The van der Waals surface area contributed by atoms with Gasteiger partial charge in [0.05, 0.1) is 0 Å². The highest BCUT2D eigenvalue weighted by Crippen LogP contribution is 2.57. The fraction of sp³-hybridized carbons (Fsp3) is 0.786. The van der Waals surface area contributed by atoms with Gasteiger partial charge in [-0.2, -0.15) is 0 Å². The smallest absolute Gasteiger partial charge is 0.245 e. The lowest BCUT2D eigenvalue weighted by Crippen LogP contribution is -2.45. The molecule has 1 heterocycles. The summed E-state index contributed by atoms with van der Waals surface area (Å²) in [5.74, 6) is 0.947. The molecule has 0 radical (unpaired) electrons. The first-order valence-corrected chi connectivity index (χ1v) is 6.28. The summed E-state index contributed by atoms with van der Waals surface area (Å²) in [5.41, 5.74) is 0.887. The van der Waals surface area contributed by atoms with E-state index in [1.165, 1.54) is 25.3 Å². The number of amides is 1. The van der Waals surface area contributed by atoms with Crippen LogP contribution >= 0.6 is 0 Å². The van der Waals surface area contributed by atoms with Gasteiger partial charge in [0, 0.05) is 13.1 Å². The SMILES string of the molecule is C=CC(=O)N1CCC2(CC(C(C)(C)C)C2)C1. The maximum atomic E-state index is 11.5. The second-order valence-corrected chi connectivity index (χ2v) is 6.69. The van der Waals surface area contributed by atoms with Crippen LogP contribution in [0.5, 0.6) is 0 Å². The summed E-state index contributed by atoms with van der Waals surface area (Å²) in [5, 5.41) is 0. The molecule has 0 aromatic heterocycles. The predicted octanol–water partition coefficient (Wildman–Crippen LogP) is 2.85. The van der Waals surface area contributed by atoms with E-state index in [1.807, 2.05) is 4.90 Å². The Bertz CT molecular complexity index is 307. The molecule has 0 N–H and O–H groups in total. The lowest BCUT2D eigenvalue weighted by Gasteiger charge is -2.51. The minimum absolute atomic E-state index is 0.107. The first-order valence-electron chi connectivity index (χ1n) is 6.28. The van der Waals surface area contributed by atoms with Gasteiger partial charge in [0.25, 0.3) is 0 Å². The molecule has 2 nitrogen and oxygen atoms in total. The van der Waals surface area contributed by atoms with Crippen molar-refractivity contribution in [2.24, 2.45) is 16.7 Å². The third kappa shape index (κ3) is 1.90. The van der Waals surface area contributed by atoms with E-state index in [9.17, 15) is 4.79 Å². The normalized spacial score (nSPS) is 33.9. The largest absolute Gasteiger partial charge is 0.339 e. The molecule has 2 rings (SSSR count). The quantitative estimate of drug-likeness (QED) is 0.623. The summed E-state index contributed by atoms with van der Waals surface area (Å²) >= 11 is 0. The molecular formula is C14H23NO. The highest BCUT2D eigenvalue weighted by Gasteiger charge is 2.51. The van der Waals surface area contributed by atoms with E-state index in [4.69, 9.17) is 0 Å². The molecule has 1 saturated carbocycles. The summed E-state index contributed by atoms with van der Waals surface area (Å²) in [6.07, 6.45) is 5.24. The van der Waals surface area contributed by atoms with Crippen molar-refractivity contribution < 1.29 is 4.79 Å². The van der Waals surface area contributed by atoms with E-state index in [2.05, 4.69) is 27.4 Å². The zero-order valence-electron chi connectivity index (χ0n) is 10.8. The Labute approximate surface area is 98.7 Å². The van der Waals surface area contributed by atoms with Gasteiger partial charge in [0.15, 0.2) is 0 Å². The minimum Gasteiger partial charge on any atom is -0.339 e. The highest BCUT2D eigenvalue weighted by molar-refractivity contribution is 5.87. The lowest BCUT2D eigenvalue weighted by molar-refractivity contribution is -0.126. The molecule has 0 aromatic rings. The first-order chi connectivity index (χ1) is 7.36. The molecular weight excluding hydrogens is 198 g/mol. The van der Waals surface area contributed by atoms with E-state index in [0.29, 0.717) is 10.8 Å². The zero-order valence-corrected chi connectivity index (χ0v) is 10.8. The van der Waals surface area contributed by atoms with Crippen molar-refractivity contribution in [2.45, 2.75) is 40.0 Å². The summed E-state index contributed by atoms with van der Waals surface area (Å²) in [4.78, 5) is 13.5. The second kappa shape index (κ2) is 3.61. The van der Waals surface area contributed by atoms with Crippen molar-refractivity contribution >= 4 is 5.91 Å². The average Bonchev–Trinajstić information content (AvgIpc) is 2.57. The Balaban J connectivity index is 1.92. The molecule has 16 heavy (non-hydrogen) atoms. The van der Waals surface area contributed by atoms with E-state index in [1.54, 1.807) is 0 Å². The Morgan fingerprint density at radius 3 is 2.56 bits per heavy atom. The van der Waals surface area contributed by atoms with Crippen LogP contribution in [0.3, 0.4) is 0 Å². The summed E-state index contributed by atoms with van der Waals surface area (Å²) in [7, 11) is 0. The van der Waals surface area contributed by atoms with Crippen LogP contribution in [0.4, 0.5) is 0 Å². The second-order valence-electron chi connectivity index (χ2n) is 6.69. The topological polar surface area (TPSA) is 20.3 Å². The Morgan fingerprint density at radius 2 is 2.06 bits per heavy atom. The van der Waals surface area contributed by atoms with Crippen LogP contribution in [0.25, 0.3) is 0 Å². The van der Waals surface area contributed by atoms with Gasteiger partial charge in [-0.1, -0.05) is 27.4 Å². The molecule has 1 amide bonds. The van der Waals surface area contributed by atoms with Crippen molar-refractivity contribution in [3.8, 4) is 0 Å². The van der Waals surface area contributed by atoms with Crippen LogP contribution in [-0.2, 0) is 4.79 Å². The monoisotopic (exact) mass is 221 g/mol. The number of nitrogens with zero attached hydrogens (tertiary/aromatic N) is 1. The van der Waals surface area contributed by atoms with Gasteiger partial charge in [-0.25, -0.2) is 0 Å². The molecule has 2 heteroatoms. The van der Waals surface area contributed by atoms with Crippen molar-refractivity contribution in [1.82, 2.24) is 4.90 Å². The first kappa shape index (κ1) is 11.7. The van der Waals surface area contributed by atoms with Gasteiger partial charge in [-0.05, 0) is 42.1 Å². The standard InChI is InChI=1S/C14H23NO/c1-5-12(16)15-7-6-14(10-15)8-11(9-14)13(2,3)4/h5,11H,1,6-10H2,2-4H3. The number of likely N-dealkylation sites (tertiary alicyclic amines) is 1. The summed E-state index contributed by atoms with van der Waals surface area (Å²) < 4.78 is 0. The van der Waals surface area contributed by atoms with Crippen LogP contribution in [0.15, 0.2) is 12.7 Å². The Hall–Kier alpha value is -0.790. The van der Waals surface area contributed by atoms with Crippen LogP contribution in [-0.4, -0.2) is 23.9 Å². The van der Waals surface area contributed by atoms with E-state index < -0.39 is 0 Å². The van der Waals surface area contributed by atoms with Gasteiger partial charge in [0.1, 0.15) is 0 Å². The van der Waals surface area contributed by atoms with Crippen molar-refractivity contribution in [1.29, 1.82) is 0 Å². The third-order valence-electron chi connectivity index (χ3n) is 4.51. The van der Waals surface area contributed by atoms with Gasteiger partial charge in [-0.3, -0.25) is 4.79 Å². The van der Waals surface area contributed by atoms with Gasteiger partial charge >= 0.3 is 0 Å². The number of carbonyl (C=O) groups excluding carboxylic acids is 1. The third-order valence-corrected chi connectivity index (χ3v) is 4.51. The van der Waals surface area contributed by atoms with Crippen molar-refractivity contribution in [2.75, 3.05) is 13.1 Å². The number of hydrogen-bond donors (Lipinski definition) is 0. The molecule has 0 bridgehead atoms. The van der Waals surface area contributed by atoms with Crippen LogP contribution in [0.2, 0.25) is 0 Å². The van der Waals surface area contributed by atoms with Crippen LogP contribution in [0.1, 0.15) is 40.0 Å². The molecule has 2 aliphatic rings. The van der Waals surface area contributed by atoms with E-state index in [-0.39, 0.29) is 5.91 Å². The fourth-order valence-corrected chi connectivity index (χ4v) is 3.18. The molecule has 90 valence electrons. The molecule has 2 fully saturated rings. The maximum Gasteiger partial charge on any atom is 0.245 e. The van der Waals surface area contributed by atoms with Crippen LogP contribution < -0.4 is 0 Å². The molecule has 1 aliphatic carbocycles. The molecule has 0 atom stereocenters. The fourth-order valence-electron chi connectivity index (χ4n) is 3.18. The molecule has 1 saturated heterocycles. The summed E-state index contributed by atoms with van der Waals surface area (Å²) in [6, 6.07) is 0. The number of carbonyl (C=O) groups is 1. The van der Waals surface area contributed by atoms with Gasteiger partial charge < -0.3 is 4.90 Å². The van der Waals surface area contributed by atoms with E-state index in [0.717, 1.165) is 19.0 Å². The molecule has 0 unspecified atom stereocenters. The maximum absolute atomic E-state index is 11.5.